The van der Waals surface area contributed by atoms with Crippen molar-refractivity contribution >= 4 is 32.1 Å². The molecule has 0 spiro atoms. The lowest BCUT2D eigenvalue weighted by Gasteiger charge is -2.14. The highest BCUT2D eigenvalue weighted by molar-refractivity contribution is 7.26. The molecule has 0 saturated carbocycles. The first kappa shape index (κ1) is 13.8. The third kappa shape index (κ3) is 2.53. The molecule has 0 radical (unpaired) electrons. The maximum atomic E-state index is 10.5. The minimum absolute atomic E-state index is 0.403. The van der Waals surface area contributed by atoms with E-state index in [0.717, 1.165) is 4.88 Å². The number of hydrogen-bond donors (Lipinski definition) is 1. The molecule has 1 N–H and O–H groups in total. The largest absolute Gasteiger partial charge is 0.387 e. The smallest absolute Gasteiger partial charge is 0.0923 e. The Hall–Kier alpha value is -1.16. The number of aliphatic hydroxyl groups excluding tert-OH is 1. The molecule has 1 atom stereocenters. The molecule has 2 heterocycles. The van der Waals surface area contributed by atoms with Gasteiger partial charge in [-0.25, -0.2) is 0 Å². The predicted octanol–water partition coefficient (Wildman–Crippen LogP) is 5.16. The molecule has 0 fully saturated rings. The van der Waals surface area contributed by atoms with Gasteiger partial charge in [0.05, 0.1) is 6.10 Å². The van der Waals surface area contributed by atoms with Gasteiger partial charge in [-0.2, -0.15) is 0 Å². The van der Waals surface area contributed by atoms with E-state index in [-0.39, 0.29) is 0 Å². The van der Waals surface area contributed by atoms with Gasteiger partial charge in [-0.05, 0) is 55.0 Å². The molecule has 0 aliphatic heterocycles. The molecule has 0 amide bonds. The Kier molecular flexibility index (Phi) is 3.67. The fraction of sp³-hybridized carbons (Fsp3) is 0.294. The Morgan fingerprint density at radius 3 is 2.40 bits per heavy atom. The monoisotopic (exact) mass is 302 g/mol. The lowest BCUT2D eigenvalue weighted by Crippen LogP contribution is -2.03. The summed E-state index contributed by atoms with van der Waals surface area (Å²) in [7, 11) is 0. The van der Waals surface area contributed by atoms with Crippen molar-refractivity contribution in [1.82, 2.24) is 0 Å². The molecule has 2 aromatic heterocycles. The van der Waals surface area contributed by atoms with Gasteiger partial charge < -0.3 is 5.11 Å². The van der Waals surface area contributed by atoms with Crippen LogP contribution >= 0.6 is 22.7 Å². The zero-order chi connectivity index (χ0) is 14.3. The maximum Gasteiger partial charge on any atom is 0.0923 e. The standard InChI is InChI=1S/C17H18OS2/c1-10-6-11(2)13(12(3)7-10)8-14(18)16-9-17-15(20-16)4-5-19-17/h4-7,9,14,18H,8H2,1-3H3. The van der Waals surface area contributed by atoms with Crippen LogP contribution in [0.3, 0.4) is 0 Å². The molecule has 1 aromatic carbocycles. The SMILES string of the molecule is Cc1cc(C)c(CC(O)c2cc3sccc3s2)c(C)c1. The Balaban J connectivity index is 1.89. The summed E-state index contributed by atoms with van der Waals surface area (Å²) in [4.78, 5) is 1.08. The van der Waals surface area contributed by atoms with Crippen molar-refractivity contribution in [3.8, 4) is 0 Å². The fourth-order valence-corrected chi connectivity index (χ4v) is 4.88. The topological polar surface area (TPSA) is 20.2 Å². The quantitative estimate of drug-likeness (QED) is 0.708. The highest BCUT2D eigenvalue weighted by Gasteiger charge is 2.15. The zero-order valence-electron chi connectivity index (χ0n) is 11.9. The van der Waals surface area contributed by atoms with Crippen LogP contribution in [-0.4, -0.2) is 5.11 Å². The summed E-state index contributed by atoms with van der Waals surface area (Å²) in [6, 6.07) is 8.65. The number of aliphatic hydroxyl groups is 1. The van der Waals surface area contributed by atoms with Gasteiger partial charge in [0.1, 0.15) is 0 Å². The van der Waals surface area contributed by atoms with Crippen molar-refractivity contribution < 1.29 is 5.11 Å². The average molecular weight is 302 g/mol. The van der Waals surface area contributed by atoms with Crippen LogP contribution < -0.4 is 0 Å². The van der Waals surface area contributed by atoms with Gasteiger partial charge in [-0.15, -0.1) is 22.7 Å². The van der Waals surface area contributed by atoms with E-state index in [9.17, 15) is 5.11 Å². The van der Waals surface area contributed by atoms with E-state index in [0.29, 0.717) is 6.42 Å². The Bertz CT molecular complexity index is 700. The van der Waals surface area contributed by atoms with Crippen LogP contribution in [-0.2, 0) is 6.42 Å². The van der Waals surface area contributed by atoms with Crippen LogP contribution in [0.15, 0.2) is 29.6 Å². The van der Waals surface area contributed by atoms with Gasteiger partial charge in [0, 0.05) is 20.7 Å². The molecular formula is C17H18OS2. The molecule has 1 nitrogen and oxygen atoms in total. The number of hydrogen-bond acceptors (Lipinski definition) is 3. The van der Waals surface area contributed by atoms with Crippen molar-refractivity contribution in [3.63, 3.8) is 0 Å². The van der Waals surface area contributed by atoms with E-state index in [4.69, 9.17) is 0 Å². The minimum Gasteiger partial charge on any atom is -0.387 e. The lowest BCUT2D eigenvalue weighted by atomic mass is 9.95. The molecule has 0 saturated heterocycles. The second-order valence-electron chi connectivity index (χ2n) is 5.40. The summed E-state index contributed by atoms with van der Waals surface area (Å²) < 4.78 is 2.56. The van der Waals surface area contributed by atoms with Crippen LogP contribution in [0.5, 0.6) is 0 Å². The van der Waals surface area contributed by atoms with E-state index in [1.54, 1.807) is 22.7 Å². The number of fused-ring (bicyclic) bond motifs is 1. The highest BCUT2D eigenvalue weighted by atomic mass is 32.1. The molecule has 3 rings (SSSR count). The first-order valence-corrected chi connectivity index (χ1v) is 8.46. The molecule has 1 unspecified atom stereocenters. The molecule has 0 aliphatic carbocycles. The summed E-state index contributed by atoms with van der Waals surface area (Å²) in [6.45, 7) is 6.39. The van der Waals surface area contributed by atoms with Crippen LogP contribution in [0.1, 0.15) is 33.2 Å². The van der Waals surface area contributed by atoms with Crippen LogP contribution in [0, 0.1) is 20.8 Å². The Labute approximate surface area is 127 Å². The predicted molar refractivity (Wildman–Crippen MR) is 89.0 cm³/mol. The first-order chi connectivity index (χ1) is 9.54. The molecule has 0 aliphatic rings. The zero-order valence-corrected chi connectivity index (χ0v) is 13.6. The van der Waals surface area contributed by atoms with E-state index in [1.165, 1.54) is 31.7 Å². The van der Waals surface area contributed by atoms with Crippen LogP contribution in [0.25, 0.3) is 9.40 Å². The number of thiophene rings is 2. The second kappa shape index (κ2) is 5.32. The average Bonchev–Trinajstić information content (AvgIpc) is 2.93. The normalized spacial score (nSPS) is 13.0. The van der Waals surface area contributed by atoms with Gasteiger partial charge in [0.25, 0.3) is 0 Å². The van der Waals surface area contributed by atoms with E-state index in [2.05, 4.69) is 50.4 Å². The minimum atomic E-state index is -0.403. The molecule has 3 heteroatoms. The second-order valence-corrected chi connectivity index (χ2v) is 7.46. The fourth-order valence-electron chi connectivity index (χ4n) is 2.77. The van der Waals surface area contributed by atoms with Crippen molar-refractivity contribution in [2.24, 2.45) is 0 Å². The molecule has 3 aromatic rings. The maximum absolute atomic E-state index is 10.5. The highest BCUT2D eigenvalue weighted by Crippen LogP contribution is 2.35. The summed E-state index contributed by atoms with van der Waals surface area (Å²) in [5.41, 5.74) is 5.12. The van der Waals surface area contributed by atoms with Gasteiger partial charge in [0.15, 0.2) is 0 Å². The summed E-state index contributed by atoms with van der Waals surface area (Å²) in [5.74, 6) is 0. The number of benzene rings is 1. The summed E-state index contributed by atoms with van der Waals surface area (Å²) in [6.07, 6.45) is 0.297. The molecular weight excluding hydrogens is 284 g/mol. The van der Waals surface area contributed by atoms with E-state index < -0.39 is 6.10 Å². The van der Waals surface area contributed by atoms with Gasteiger partial charge >= 0.3 is 0 Å². The van der Waals surface area contributed by atoms with Gasteiger partial charge in [-0.3, -0.25) is 0 Å². The van der Waals surface area contributed by atoms with Crippen molar-refractivity contribution in [2.75, 3.05) is 0 Å². The number of aryl methyl sites for hydroxylation is 3. The van der Waals surface area contributed by atoms with Crippen molar-refractivity contribution in [2.45, 2.75) is 33.3 Å². The van der Waals surface area contributed by atoms with Gasteiger partial charge in [0.2, 0.25) is 0 Å². The third-order valence-electron chi connectivity index (χ3n) is 3.72. The number of rotatable bonds is 3. The van der Waals surface area contributed by atoms with Crippen LogP contribution in [0.4, 0.5) is 0 Å². The third-order valence-corrected chi connectivity index (χ3v) is 5.92. The van der Waals surface area contributed by atoms with E-state index in [1.807, 2.05) is 0 Å². The molecule has 20 heavy (non-hydrogen) atoms. The molecule has 104 valence electrons. The van der Waals surface area contributed by atoms with Crippen molar-refractivity contribution in [3.05, 3.63) is 56.8 Å². The summed E-state index contributed by atoms with van der Waals surface area (Å²) >= 11 is 3.45. The van der Waals surface area contributed by atoms with Crippen molar-refractivity contribution in [1.29, 1.82) is 0 Å². The first-order valence-electron chi connectivity index (χ1n) is 6.76. The Morgan fingerprint density at radius 1 is 1.05 bits per heavy atom. The summed E-state index contributed by atoms with van der Waals surface area (Å²) in [5, 5.41) is 12.6. The molecule has 0 bridgehead atoms. The van der Waals surface area contributed by atoms with E-state index >= 15 is 0 Å². The lowest BCUT2D eigenvalue weighted by molar-refractivity contribution is 0.182. The Morgan fingerprint density at radius 2 is 1.75 bits per heavy atom. The van der Waals surface area contributed by atoms with Gasteiger partial charge in [-0.1, -0.05) is 17.7 Å². The van der Waals surface area contributed by atoms with Crippen LogP contribution in [0.2, 0.25) is 0 Å².